The molecule has 188 valence electrons. The zero-order chi connectivity index (χ0) is 24.8. The Bertz CT molecular complexity index is 1310. The highest BCUT2D eigenvalue weighted by Crippen LogP contribution is 2.66. The molecule has 1 aromatic carbocycles. The van der Waals surface area contributed by atoms with Crippen LogP contribution in [0.2, 0.25) is 0 Å². The molecule has 36 heavy (non-hydrogen) atoms. The fraction of sp³-hybridized carbons (Fsp3) is 0.481. The number of amides is 1. The van der Waals surface area contributed by atoms with Crippen molar-refractivity contribution < 1.29 is 29.6 Å². The Hall–Kier alpha value is -3.30. The summed E-state index contributed by atoms with van der Waals surface area (Å²) in [6, 6.07) is 6.61. The van der Waals surface area contributed by atoms with E-state index in [1.54, 1.807) is 18.2 Å². The van der Waals surface area contributed by atoms with Crippen LogP contribution in [0, 0.1) is 5.92 Å². The molecule has 3 heterocycles. The number of phenols is 1. The molecule has 2 aromatic rings. The minimum atomic E-state index is -1.34. The standard InChI is InChI=1S/C27H29N3O6/c1-35-20-7-5-16(12-28-20)29-25(33)17-11-27(34)19-10-15-4-6-18(31)23-21(15)26(27,24(36-23)22(17)32)8-9-30(19)13-14-2-3-14/h4-7,12,14,19,24,31-32,34H,2-3,8-11,13H2,1H3,(H,29,33)/t19-,24+,26+,27-/m1/s1. The predicted octanol–water partition coefficient (Wildman–Crippen LogP) is 2.42. The molecular formula is C27H29N3O6. The summed E-state index contributed by atoms with van der Waals surface area (Å²) in [5.74, 6) is 0.676. The van der Waals surface area contributed by atoms with Crippen molar-refractivity contribution in [2.45, 2.75) is 55.3 Å². The molecule has 2 aliphatic heterocycles. The van der Waals surface area contributed by atoms with Crippen molar-refractivity contribution in [3.05, 3.63) is 52.9 Å². The number of pyridine rings is 1. The first kappa shape index (κ1) is 21.9. The molecule has 1 saturated carbocycles. The number of benzene rings is 1. The van der Waals surface area contributed by atoms with E-state index in [0.717, 1.165) is 24.2 Å². The van der Waals surface area contributed by atoms with Gasteiger partial charge in [0.05, 0.1) is 35.6 Å². The van der Waals surface area contributed by atoms with Crippen molar-refractivity contribution in [3.63, 3.8) is 0 Å². The molecule has 1 amide bonds. The Balaban J connectivity index is 1.33. The van der Waals surface area contributed by atoms with Crippen LogP contribution in [0.3, 0.4) is 0 Å². The van der Waals surface area contributed by atoms with E-state index in [1.165, 1.54) is 26.1 Å². The normalized spacial score (nSPS) is 32.1. The fourth-order valence-corrected chi connectivity index (χ4v) is 7.15. The molecule has 1 saturated heterocycles. The molecule has 3 aliphatic carbocycles. The molecule has 4 atom stereocenters. The highest BCUT2D eigenvalue weighted by atomic mass is 16.5. The van der Waals surface area contributed by atoms with E-state index in [0.29, 0.717) is 36.1 Å². The molecule has 0 radical (unpaired) electrons. The molecule has 7 rings (SSSR count). The third-order valence-electron chi connectivity index (χ3n) is 8.99. The van der Waals surface area contributed by atoms with Crippen LogP contribution in [0.5, 0.6) is 17.4 Å². The van der Waals surface area contributed by atoms with Crippen LogP contribution in [0.25, 0.3) is 0 Å². The van der Waals surface area contributed by atoms with Gasteiger partial charge in [0.15, 0.2) is 17.6 Å². The maximum atomic E-state index is 13.4. The van der Waals surface area contributed by atoms with Gasteiger partial charge in [-0.2, -0.15) is 0 Å². The maximum Gasteiger partial charge on any atom is 0.255 e. The highest BCUT2D eigenvalue weighted by Gasteiger charge is 2.73. The summed E-state index contributed by atoms with van der Waals surface area (Å²) in [6.07, 6.45) is 4.11. The number of piperidine rings is 1. The smallest absolute Gasteiger partial charge is 0.255 e. The molecule has 1 aromatic heterocycles. The number of rotatable bonds is 5. The number of aliphatic hydroxyl groups is 2. The van der Waals surface area contributed by atoms with Crippen LogP contribution < -0.4 is 14.8 Å². The molecule has 5 aliphatic rings. The van der Waals surface area contributed by atoms with Crippen molar-refractivity contribution in [1.82, 2.24) is 9.88 Å². The predicted molar refractivity (Wildman–Crippen MR) is 129 cm³/mol. The Morgan fingerprint density at radius 2 is 2.11 bits per heavy atom. The Morgan fingerprint density at radius 3 is 2.83 bits per heavy atom. The van der Waals surface area contributed by atoms with Crippen molar-refractivity contribution >= 4 is 11.6 Å². The maximum absolute atomic E-state index is 13.4. The number of anilines is 1. The topological polar surface area (TPSA) is 124 Å². The zero-order valence-electron chi connectivity index (χ0n) is 20.0. The number of hydrogen-bond donors (Lipinski definition) is 4. The second-order valence-electron chi connectivity index (χ2n) is 10.8. The minimum absolute atomic E-state index is 0.00548. The third kappa shape index (κ3) is 2.78. The molecule has 2 fully saturated rings. The summed E-state index contributed by atoms with van der Waals surface area (Å²) in [6.45, 7) is 1.69. The third-order valence-corrected chi connectivity index (χ3v) is 8.99. The number of nitrogens with one attached hydrogen (secondary N) is 1. The lowest BCUT2D eigenvalue weighted by Crippen LogP contribution is -2.75. The zero-order valence-corrected chi connectivity index (χ0v) is 20.0. The number of ether oxygens (including phenoxy) is 2. The lowest BCUT2D eigenvalue weighted by atomic mass is 9.49. The first-order valence-electron chi connectivity index (χ1n) is 12.6. The van der Waals surface area contributed by atoms with Crippen LogP contribution in [-0.2, 0) is 16.6 Å². The van der Waals surface area contributed by atoms with Crippen molar-refractivity contribution in [1.29, 1.82) is 0 Å². The van der Waals surface area contributed by atoms with Gasteiger partial charge in [0.25, 0.3) is 5.91 Å². The van der Waals surface area contributed by atoms with Crippen LogP contribution in [0.1, 0.15) is 36.8 Å². The van der Waals surface area contributed by atoms with Gasteiger partial charge in [0.1, 0.15) is 5.76 Å². The van der Waals surface area contributed by atoms with Crippen LogP contribution in [0.4, 0.5) is 5.69 Å². The monoisotopic (exact) mass is 491 g/mol. The number of carbonyl (C=O) groups excluding carboxylic acids is 1. The second-order valence-corrected chi connectivity index (χ2v) is 10.8. The van der Waals surface area contributed by atoms with Gasteiger partial charge in [-0.3, -0.25) is 9.69 Å². The first-order valence-corrected chi connectivity index (χ1v) is 12.6. The number of phenolic OH excluding ortho intramolecular Hbond substituents is 1. The highest BCUT2D eigenvalue weighted by molar-refractivity contribution is 6.04. The summed E-state index contributed by atoms with van der Waals surface area (Å²) in [4.78, 5) is 19.9. The van der Waals surface area contributed by atoms with Crippen LogP contribution >= 0.6 is 0 Å². The average molecular weight is 492 g/mol. The van der Waals surface area contributed by atoms with E-state index in [2.05, 4.69) is 15.2 Å². The molecular weight excluding hydrogens is 462 g/mol. The number of methoxy groups -OCH3 is 1. The Kier molecular flexibility index (Phi) is 4.49. The van der Waals surface area contributed by atoms with Gasteiger partial charge in [0.2, 0.25) is 5.88 Å². The van der Waals surface area contributed by atoms with E-state index in [4.69, 9.17) is 9.47 Å². The fourth-order valence-electron chi connectivity index (χ4n) is 7.15. The van der Waals surface area contributed by atoms with Crippen molar-refractivity contribution in [2.24, 2.45) is 5.92 Å². The number of aromatic nitrogens is 1. The minimum Gasteiger partial charge on any atom is -0.508 e. The van der Waals surface area contributed by atoms with E-state index >= 15 is 0 Å². The van der Waals surface area contributed by atoms with Crippen LogP contribution in [0.15, 0.2) is 41.8 Å². The van der Waals surface area contributed by atoms with E-state index < -0.39 is 23.0 Å². The number of nitrogens with zero attached hydrogens (tertiary/aromatic N) is 2. The van der Waals surface area contributed by atoms with Gasteiger partial charge in [-0.1, -0.05) is 6.07 Å². The van der Waals surface area contributed by atoms with Crippen molar-refractivity contribution in [3.8, 4) is 17.4 Å². The summed E-state index contributed by atoms with van der Waals surface area (Å²) in [5.41, 5.74) is 0.113. The summed E-state index contributed by atoms with van der Waals surface area (Å²) < 4.78 is 11.3. The Morgan fingerprint density at radius 1 is 1.28 bits per heavy atom. The summed E-state index contributed by atoms with van der Waals surface area (Å²) in [7, 11) is 1.51. The SMILES string of the molecule is COc1ccc(NC(=O)C2=C(O)[C@@H]3Oc4c(O)ccc5c4[C@@]34CCN(CC3CC3)[C@H](C5)[C@]4(O)C2)cn1. The van der Waals surface area contributed by atoms with Crippen molar-refractivity contribution in [2.75, 3.05) is 25.5 Å². The van der Waals surface area contributed by atoms with Gasteiger partial charge in [-0.25, -0.2) is 4.98 Å². The van der Waals surface area contributed by atoms with E-state index in [9.17, 15) is 20.1 Å². The number of aliphatic hydroxyl groups excluding tert-OH is 1. The summed E-state index contributed by atoms with van der Waals surface area (Å²) in [5, 5.41) is 37.5. The molecule has 1 spiro atoms. The summed E-state index contributed by atoms with van der Waals surface area (Å²) >= 11 is 0. The van der Waals surface area contributed by atoms with Gasteiger partial charge in [-0.05, 0) is 55.8 Å². The average Bonchev–Trinajstić information content (AvgIpc) is 3.61. The first-order chi connectivity index (χ1) is 17.4. The largest absolute Gasteiger partial charge is 0.508 e. The number of aromatic hydroxyl groups is 1. The number of hydrogen-bond acceptors (Lipinski definition) is 8. The molecule has 9 heteroatoms. The number of carbonyl (C=O) groups is 1. The quantitative estimate of drug-likeness (QED) is 0.503. The number of likely N-dealkylation sites (tertiary alicyclic amines) is 1. The second kappa shape index (κ2) is 7.36. The van der Waals surface area contributed by atoms with Gasteiger partial charge in [0, 0.05) is 30.6 Å². The van der Waals surface area contributed by atoms with Crippen LogP contribution in [-0.4, -0.2) is 69.1 Å². The van der Waals surface area contributed by atoms with E-state index in [-0.39, 0.29) is 29.5 Å². The molecule has 9 nitrogen and oxygen atoms in total. The molecule has 2 bridgehead atoms. The molecule has 0 unspecified atom stereocenters. The van der Waals surface area contributed by atoms with Gasteiger partial charge >= 0.3 is 0 Å². The molecule has 4 N–H and O–H groups in total. The Labute approximate surface area is 208 Å². The van der Waals surface area contributed by atoms with E-state index in [1.807, 2.05) is 6.07 Å². The lowest BCUT2D eigenvalue weighted by molar-refractivity contribution is -0.172. The lowest BCUT2D eigenvalue weighted by Gasteiger charge is -2.62. The van der Waals surface area contributed by atoms with Gasteiger partial charge < -0.3 is 30.1 Å². The van der Waals surface area contributed by atoms with Gasteiger partial charge in [-0.15, -0.1) is 0 Å².